The number of hydrogen-bond donors (Lipinski definition) is 2. The second kappa shape index (κ2) is 9.42. The highest BCUT2D eigenvalue weighted by molar-refractivity contribution is 5.82. The van der Waals surface area contributed by atoms with E-state index < -0.39 is 0 Å². The molecule has 138 valence electrons. The Morgan fingerprint density at radius 1 is 1.20 bits per heavy atom. The largest absolute Gasteiger partial charge is 0.493 e. The van der Waals surface area contributed by atoms with Crippen molar-refractivity contribution in [3.63, 3.8) is 0 Å². The van der Waals surface area contributed by atoms with E-state index >= 15 is 0 Å². The van der Waals surface area contributed by atoms with E-state index in [4.69, 9.17) is 9.47 Å². The number of hydrogen-bond acceptors (Lipinski definition) is 4. The predicted molar refractivity (Wildman–Crippen MR) is 95.2 cm³/mol. The number of rotatable bonds is 8. The van der Waals surface area contributed by atoms with Crippen LogP contribution in [0.15, 0.2) is 30.3 Å². The Morgan fingerprint density at radius 3 is 2.56 bits per heavy atom. The molecule has 1 saturated carbocycles. The number of benzene rings is 1. The lowest BCUT2D eigenvalue weighted by Crippen LogP contribution is -2.46. The molecule has 0 bridgehead atoms. The van der Waals surface area contributed by atoms with E-state index in [2.05, 4.69) is 10.6 Å². The van der Waals surface area contributed by atoms with Gasteiger partial charge >= 0.3 is 0 Å². The monoisotopic (exact) mass is 348 g/mol. The average molecular weight is 348 g/mol. The lowest BCUT2D eigenvalue weighted by atomic mass is 10.0. The van der Waals surface area contributed by atoms with Crippen LogP contribution in [0.4, 0.5) is 0 Å². The maximum atomic E-state index is 12.5. The molecule has 25 heavy (non-hydrogen) atoms. The molecule has 6 heteroatoms. The van der Waals surface area contributed by atoms with Crippen LogP contribution in [0, 0.1) is 11.8 Å². The topological polar surface area (TPSA) is 76.7 Å². The lowest BCUT2D eigenvalue weighted by Gasteiger charge is -2.21. The van der Waals surface area contributed by atoms with E-state index in [0.717, 1.165) is 12.2 Å². The summed E-state index contributed by atoms with van der Waals surface area (Å²) in [4.78, 5) is 24.4. The zero-order valence-electron chi connectivity index (χ0n) is 15.2. The summed E-state index contributed by atoms with van der Waals surface area (Å²) in [5.74, 6) is 0.584. The predicted octanol–water partition coefficient (Wildman–Crippen LogP) is 1.75. The summed E-state index contributed by atoms with van der Waals surface area (Å²) < 4.78 is 10.7. The molecule has 2 amide bonds. The van der Waals surface area contributed by atoms with Gasteiger partial charge in [0.05, 0.1) is 12.5 Å². The summed E-state index contributed by atoms with van der Waals surface area (Å²) in [5, 5.41) is 5.88. The molecule has 2 N–H and O–H groups in total. The van der Waals surface area contributed by atoms with Gasteiger partial charge in [-0.2, -0.15) is 0 Å². The minimum atomic E-state index is -0.243. The maximum absolute atomic E-state index is 12.5. The van der Waals surface area contributed by atoms with Crippen molar-refractivity contribution in [2.75, 3.05) is 20.3 Å². The van der Waals surface area contributed by atoms with Gasteiger partial charge in [0.25, 0.3) is 0 Å². The molecule has 1 aliphatic carbocycles. The molecule has 0 aliphatic heterocycles. The third-order valence-corrected chi connectivity index (χ3v) is 4.28. The minimum Gasteiger partial charge on any atom is -0.493 e. The first-order valence-corrected chi connectivity index (χ1v) is 8.76. The molecular formula is C19H28N2O4. The maximum Gasteiger partial charge on any atom is 0.246 e. The number of ether oxygens (including phenoxy) is 2. The minimum absolute atomic E-state index is 0.000200. The van der Waals surface area contributed by atoms with Gasteiger partial charge in [-0.25, -0.2) is 0 Å². The SMILES string of the molecule is COCC(=O)N[C@@H]1C[C@H](COc2ccccc2)C[C@H]1C(=O)NC(C)C. The van der Waals surface area contributed by atoms with E-state index in [-0.39, 0.29) is 42.3 Å². The first-order chi connectivity index (χ1) is 12.0. The van der Waals surface area contributed by atoms with Crippen molar-refractivity contribution in [1.29, 1.82) is 0 Å². The molecule has 0 unspecified atom stereocenters. The van der Waals surface area contributed by atoms with Crippen molar-refractivity contribution in [2.45, 2.75) is 38.8 Å². The van der Waals surface area contributed by atoms with Crippen LogP contribution in [0.25, 0.3) is 0 Å². The average Bonchev–Trinajstić information content (AvgIpc) is 2.96. The molecule has 1 fully saturated rings. The Labute approximate surface area is 149 Å². The second-order valence-corrected chi connectivity index (χ2v) is 6.84. The molecule has 0 radical (unpaired) electrons. The van der Waals surface area contributed by atoms with Gasteiger partial charge in [-0.05, 0) is 44.7 Å². The van der Waals surface area contributed by atoms with Crippen molar-refractivity contribution < 1.29 is 19.1 Å². The van der Waals surface area contributed by atoms with Crippen molar-refractivity contribution >= 4 is 11.8 Å². The molecule has 0 aromatic heterocycles. The van der Waals surface area contributed by atoms with Crippen molar-refractivity contribution in [3.8, 4) is 5.75 Å². The zero-order chi connectivity index (χ0) is 18.2. The molecular weight excluding hydrogens is 320 g/mol. The molecule has 1 aliphatic rings. The molecule has 1 aromatic rings. The number of methoxy groups -OCH3 is 1. The van der Waals surface area contributed by atoms with E-state index in [1.54, 1.807) is 0 Å². The molecule has 0 spiro atoms. The van der Waals surface area contributed by atoms with Crippen LogP contribution >= 0.6 is 0 Å². The van der Waals surface area contributed by atoms with Gasteiger partial charge in [0, 0.05) is 19.2 Å². The fourth-order valence-corrected chi connectivity index (χ4v) is 3.23. The van der Waals surface area contributed by atoms with Gasteiger partial charge < -0.3 is 20.1 Å². The first-order valence-electron chi connectivity index (χ1n) is 8.76. The summed E-state index contributed by atoms with van der Waals surface area (Å²) >= 11 is 0. The smallest absolute Gasteiger partial charge is 0.246 e. The summed E-state index contributed by atoms with van der Waals surface area (Å²) in [6, 6.07) is 9.50. The Morgan fingerprint density at radius 2 is 1.92 bits per heavy atom. The molecule has 0 saturated heterocycles. The van der Waals surface area contributed by atoms with Crippen molar-refractivity contribution in [3.05, 3.63) is 30.3 Å². The normalized spacial score (nSPS) is 22.6. The van der Waals surface area contributed by atoms with Gasteiger partial charge in [-0.15, -0.1) is 0 Å². The lowest BCUT2D eigenvalue weighted by molar-refractivity contribution is -0.128. The van der Waals surface area contributed by atoms with Crippen LogP contribution in [0.3, 0.4) is 0 Å². The number of nitrogens with one attached hydrogen (secondary N) is 2. The first kappa shape index (κ1) is 19.2. The van der Waals surface area contributed by atoms with Crippen LogP contribution in [0.1, 0.15) is 26.7 Å². The zero-order valence-corrected chi connectivity index (χ0v) is 15.2. The number of carbonyl (C=O) groups excluding carboxylic acids is 2. The Kier molecular flexibility index (Phi) is 7.25. The summed E-state index contributed by atoms with van der Waals surface area (Å²) in [5.41, 5.74) is 0. The number of amides is 2. The van der Waals surface area contributed by atoms with Gasteiger partial charge in [0.15, 0.2) is 0 Å². The summed E-state index contributed by atoms with van der Waals surface area (Å²) in [6.07, 6.45) is 1.42. The van der Waals surface area contributed by atoms with Crippen LogP contribution < -0.4 is 15.4 Å². The standard InChI is InChI=1S/C19H28N2O4/c1-13(2)20-19(23)16-9-14(10-17(16)21-18(22)12-24-3)11-25-15-7-5-4-6-8-15/h4-8,13-14,16-17H,9-12H2,1-3H3,(H,20,23)(H,21,22)/t14-,16-,17-/m1/s1. The fraction of sp³-hybridized carbons (Fsp3) is 0.579. The third kappa shape index (κ3) is 6.05. The van der Waals surface area contributed by atoms with Crippen LogP contribution in [0.2, 0.25) is 0 Å². The number of para-hydroxylation sites is 1. The molecule has 1 aromatic carbocycles. The highest BCUT2D eigenvalue weighted by Gasteiger charge is 2.39. The molecule has 3 atom stereocenters. The van der Waals surface area contributed by atoms with E-state index in [0.29, 0.717) is 13.0 Å². The quantitative estimate of drug-likeness (QED) is 0.750. The third-order valence-electron chi connectivity index (χ3n) is 4.28. The summed E-state index contributed by atoms with van der Waals surface area (Å²) in [7, 11) is 1.48. The highest BCUT2D eigenvalue weighted by atomic mass is 16.5. The van der Waals surface area contributed by atoms with Gasteiger partial charge in [0.2, 0.25) is 11.8 Å². The van der Waals surface area contributed by atoms with Gasteiger partial charge in [-0.1, -0.05) is 18.2 Å². The van der Waals surface area contributed by atoms with E-state index in [1.165, 1.54) is 7.11 Å². The molecule has 6 nitrogen and oxygen atoms in total. The fourth-order valence-electron chi connectivity index (χ4n) is 3.23. The highest BCUT2D eigenvalue weighted by Crippen LogP contribution is 2.32. The van der Waals surface area contributed by atoms with E-state index in [9.17, 15) is 9.59 Å². The molecule has 2 rings (SSSR count). The van der Waals surface area contributed by atoms with Gasteiger partial charge in [0.1, 0.15) is 12.4 Å². The van der Waals surface area contributed by atoms with Crippen molar-refractivity contribution in [2.24, 2.45) is 11.8 Å². The Hall–Kier alpha value is -2.08. The number of carbonyl (C=O) groups is 2. The summed E-state index contributed by atoms with van der Waals surface area (Å²) in [6.45, 7) is 4.40. The Balaban J connectivity index is 1.96. The second-order valence-electron chi connectivity index (χ2n) is 6.84. The van der Waals surface area contributed by atoms with Crippen molar-refractivity contribution in [1.82, 2.24) is 10.6 Å². The molecule has 0 heterocycles. The van der Waals surface area contributed by atoms with Crippen LogP contribution in [-0.2, 0) is 14.3 Å². The van der Waals surface area contributed by atoms with Gasteiger partial charge in [-0.3, -0.25) is 9.59 Å². The van der Waals surface area contributed by atoms with E-state index in [1.807, 2.05) is 44.2 Å². The van der Waals surface area contributed by atoms with Crippen LogP contribution in [-0.4, -0.2) is 44.2 Å². The van der Waals surface area contributed by atoms with Crippen LogP contribution in [0.5, 0.6) is 5.75 Å². The Bertz CT molecular complexity index is 562.